The maximum Gasteiger partial charge on any atom is 0.194 e. The summed E-state index contributed by atoms with van der Waals surface area (Å²) in [5.74, 6) is 0.141. The van der Waals surface area contributed by atoms with Gasteiger partial charge in [-0.2, -0.15) is 0 Å². The normalized spacial score (nSPS) is 13.0. The van der Waals surface area contributed by atoms with Gasteiger partial charge < -0.3 is 5.11 Å². The van der Waals surface area contributed by atoms with Gasteiger partial charge in [0.05, 0.1) is 0 Å². The lowest BCUT2D eigenvalue weighted by Gasteiger charge is -2.16. The number of hydrogen-bond acceptors (Lipinski definition) is 3. The van der Waals surface area contributed by atoms with Crippen LogP contribution in [-0.4, -0.2) is 16.7 Å². The number of phenolic OH excluding ortho intramolecular Hbond substituents is 1. The number of benzene rings is 2. The van der Waals surface area contributed by atoms with Gasteiger partial charge >= 0.3 is 0 Å². The fourth-order valence-electron chi connectivity index (χ4n) is 2.67. The first-order valence-corrected chi connectivity index (χ1v) is 7.32. The first-order valence-electron chi connectivity index (χ1n) is 7.32. The van der Waals surface area contributed by atoms with Gasteiger partial charge in [0.15, 0.2) is 5.78 Å². The lowest BCUT2D eigenvalue weighted by Crippen LogP contribution is -2.22. The van der Waals surface area contributed by atoms with E-state index in [0.717, 1.165) is 16.7 Å². The summed E-state index contributed by atoms with van der Waals surface area (Å²) >= 11 is 0. The highest BCUT2D eigenvalue weighted by Crippen LogP contribution is 2.38. The van der Waals surface area contributed by atoms with E-state index in [2.05, 4.69) is 0 Å². The summed E-state index contributed by atoms with van der Waals surface area (Å²) in [6.45, 7) is 5.69. The van der Waals surface area contributed by atoms with Crippen LogP contribution in [0.2, 0.25) is 0 Å². The Bertz CT molecular complexity index is 795. The molecule has 112 valence electrons. The van der Waals surface area contributed by atoms with Crippen LogP contribution in [0.5, 0.6) is 5.75 Å². The van der Waals surface area contributed by atoms with E-state index in [4.69, 9.17) is 0 Å². The van der Waals surface area contributed by atoms with Crippen LogP contribution in [0.25, 0.3) is 11.1 Å². The number of Topliss-reactive ketones (excluding diaryl/α,β-unsaturated/α-hetero) is 1. The van der Waals surface area contributed by atoms with E-state index in [1.807, 2.05) is 32.9 Å². The molecule has 2 aromatic carbocycles. The average molecular weight is 294 g/mol. The van der Waals surface area contributed by atoms with Crippen LogP contribution in [-0.2, 0) is 11.2 Å². The molecule has 0 spiro atoms. The van der Waals surface area contributed by atoms with Crippen LogP contribution in [0.4, 0.5) is 0 Å². The number of aromatic hydroxyl groups is 1. The molecule has 0 unspecified atom stereocenters. The standard InChI is InChI=1S/C19H18O3/c1-19(2,3)17(21)9-11-4-6-13-14-7-5-12(20)10-16(14)18(22)15(13)8-11/h4-8,10,20H,9H2,1-3H3. The molecule has 0 heterocycles. The number of ketones is 2. The molecule has 0 saturated carbocycles. The fourth-order valence-corrected chi connectivity index (χ4v) is 2.67. The predicted molar refractivity (Wildman–Crippen MR) is 85.1 cm³/mol. The maximum absolute atomic E-state index is 12.5. The van der Waals surface area contributed by atoms with E-state index in [1.54, 1.807) is 18.2 Å². The Kier molecular flexibility index (Phi) is 3.17. The zero-order valence-corrected chi connectivity index (χ0v) is 12.9. The molecule has 0 aliphatic heterocycles. The van der Waals surface area contributed by atoms with Gasteiger partial charge in [0.2, 0.25) is 0 Å². The van der Waals surface area contributed by atoms with Crippen LogP contribution >= 0.6 is 0 Å². The van der Waals surface area contributed by atoms with Crippen molar-refractivity contribution in [3.05, 3.63) is 53.1 Å². The van der Waals surface area contributed by atoms with E-state index < -0.39 is 5.41 Å². The third-order valence-electron chi connectivity index (χ3n) is 4.07. The molecule has 0 bridgehead atoms. The number of rotatable bonds is 2. The topological polar surface area (TPSA) is 54.4 Å². The first kappa shape index (κ1) is 14.5. The van der Waals surface area contributed by atoms with Crippen molar-refractivity contribution in [2.45, 2.75) is 27.2 Å². The van der Waals surface area contributed by atoms with Crippen LogP contribution < -0.4 is 0 Å². The van der Waals surface area contributed by atoms with Crippen molar-refractivity contribution in [3.63, 3.8) is 0 Å². The number of fused-ring (bicyclic) bond motifs is 3. The summed E-state index contributed by atoms with van der Waals surface area (Å²) in [4.78, 5) is 24.6. The Balaban J connectivity index is 1.99. The molecule has 1 aliphatic rings. The van der Waals surface area contributed by atoms with Gasteiger partial charge in [0.1, 0.15) is 11.5 Å². The molecule has 0 radical (unpaired) electrons. The Morgan fingerprint density at radius 2 is 1.55 bits per heavy atom. The minimum atomic E-state index is -0.391. The van der Waals surface area contributed by atoms with Crippen molar-refractivity contribution >= 4 is 11.6 Å². The Morgan fingerprint density at radius 3 is 2.18 bits per heavy atom. The van der Waals surface area contributed by atoms with Gasteiger partial charge in [-0.15, -0.1) is 0 Å². The summed E-state index contributed by atoms with van der Waals surface area (Å²) in [7, 11) is 0. The smallest absolute Gasteiger partial charge is 0.194 e. The van der Waals surface area contributed by atoms with Crippen LogP contribution in [0.3, 0.4) is 0 Å². The summed E-state index contributed by atoms with van der Waals surface area (Å²) in [5, 5.41) is 9.56. The van der Waals surface area contributed by atoms with Crippen molar-refractivity contribution in [1.82, 2.24) is 0 Å². The molecular weight excluding hydrogens is 276 g/mol. The second-order valence-corrected chi connectivity index (χ2v) is 6.79. The minimum absolute atomic E-state index is 0.0861. The van der Waals surface area contributed by atoms with Crippen molar-refractivity contribution in [2.75, 3.05) is 0 Å². The molecule has 3 rings (SSSR count). The molecule has 22 heavy (non-hydrogen) atoms. The quantitative estimate of drug-likeness (QED) is 0.783. The first-order chi connectivity index (χ1) is 10.3. The van der Waals surface area contributed by atoms with Crippen LogP contribution in [0.1, 0.15) is 42.3 Å². The van der Waals surface area contributed by atoms with E-state index in [9.17, 15) is 14.7 Å². The molecule has 0 aromatic heterocycles. The highest BCUT2D eigenvalue weighted by molar-refractivity contribution is 6.22. The second-order valence-electron chi connectivity index (χ2n) is 6.79. The fraction of sp³-hybridized carbons (Fsp3) is 0.263. The maximum atomic E-state index is 12.5. The summed E-state index contributed by atoms with van der Waals surface area (Å²) in [6.07, 6.45) is 0.325. The Labute approximate surface area is 129 Å². The molecule has 3 nitrogen and oxygen atoms in total. The minimum Gasteiger partial charge on any atom is -0.508 e. The van der Waals surface area contributed by atoms with Crippen molar-refractivity contribution < 1.29 is 14.7 Å². The zero-order chi connectivity index (χ0) is 16.1. The third kappa shape index (κ3) is 2.33. The number of carbonyl (C=O) groups is 2. The Morgan fingerprint density at radius 1 is 0.955 bits per heavy atom. The molecule has 1 N–H and O–H groups in total. The monoisotopic (exact) mass is 294 g/mol. The van der Waals surface area contributed by atoms with Gasteiger partial charge in [0, 0.05) is 23.0 Å². The number of carbonyl (C=O) groups excluding carboxylic acids is 2. The molecule has 0 saturated heterocycles. The zero-order valence-electron chi connectivity index (χ0n) is 12.9. The van der Waals surface area contributed by atoms with E-state index in [0.29, 0.717) is 17.5 Å². The number of hydrogen-bond donors (Lipinski definition) is 1. The second kappa shape index (κ2) is 4.80. The predicted octanol–water partition coefficient (Wildman–Crippen LogP) is 3.76. The van der Waals surface area contributed by atoms with Gasteiger partial charge in [-0.05, 0) is 41.0 Å². The number of phenols is 1. The van der Waals surface area contributed by atoms with Gasteiger partial charge in [-0.1, -0.05) is 32.9 Å². The molecular formula is C19H18O3. The van der Waals surface area contributed by atoms with Gasteiger partial charge in [0.25, 0.3) is 0 Å². The van der Waals surface area contributed by atoms with E-state index in [1.165, 1.54) is 6.07 Å². The largest absolute Gasteiger partial charge is 0.508 e. The molecule has 3 heteroatoms. The van der Waals surface area contributed by atoms with Crippen LogP contribution in [0.15, 0.2) is 36.4 Å². The summed E-state index contributed by atoms with van der Waals surface area (Å²) in [5.41, 5.74) is 3.30. The lowest BCUT2D eigenvalue weighted by molar-refractivity contribution is -0.125. The Hall–Kier alpha value is -2.42. The molecule has 0 amide bonds. The van der Waals surface area contributed by atoms with Gasteiger partial charge in [-0.3, -0.25) is 9.59 Å². The van der Waals surface area contributed by atoms with Gasteiger partial charge in [-0.25, -0.2) is 0 Å². The van der Waals surface area contributed by atoms with Crippen LogP contribution in [0, 0.1) is 5.41 Å². The van der Waals surface area contributed by atoms with Crippen molar-refractivity contribution in [1.29, 1.82) is 0 Å². The highest BCUT2D eigenvalue weighted by Gasteiger charge is 2.28. The highest BCUT2D eigenvalue weighted by atomic mass is 16.3. The summed E-state index contributed by atoms with van der Waals surface area (Å²) in [6, 6.07) is 10.4. The lowest BCUT2D eigenvalue weighted by atomic mass is 9.86. The third-order valence-corrected chi connectivity index (χ3v) is 4.07. The van der Waals surface area contributed by atoms with Crippen molar-refractivity contribution in [2.24, 2.45) is 5.41 Å². The average Bonchev–Trinajstić information content (AvgIpc) is 2.71. The molecule has 0 fully saturated rings. The summed E-state index contributed by atoms with van der Waals surface area (Å²) < 4.78 is 0. The SMILES string of the molecule is CC(C)(C)C(=O)Cc1ccc2c(c1)C(=O)c1cc(O)ccc1-2. The van der Waals surface area contributed by atoms with E-state index in [-0.39, 0.29) is 17.3 Å². The molecule has 0 atom stereocenters. The van der Waals surface area contributed by atoms with Crippen molar-refractivity contribution in [3.8, 4) is 16.9 Å². The molecule has 2 aromatic rings. The molecule has 1 aliphatic carbocycles. The van der Waals surface area contributed by atoms with E-state index >= 15 is 0 Å².